The molecule has 0 saturated carbocycles. The molecule has 0 N–H and O–H groups in total. The molecular weight excluding hydrogens is 428 g/mol. The topological polar surface area (TPSA) is 57.7 Å². The van der Waals surface area contributed by atoms with Crippen LogP contribution >= 0.6 is 23.4 Å². The zero-order valence-electron chi connectivity index (χ0n) is 16.0. The van der Waals surface area contributed by atoms with E-state index in [0.717, 1.165) is 36.1 Å². The van der Waals surface area contributed by atoms with Crippen LogP contribution in [-0.2, 0) is 21.4 Å². The van der Waals surface area contributed by atoms with Gasteiger partial charge < -0.3 is 4.90 Å². The Morgan fingerprint density at radius 2 is 1.72 bits per heavy atom. The average Bonchev–Trinajstić information content (AvgIpc) is 3.01. The fourth-order valence-electron chi connectivity index (χ4n) is 3.74. The predicted molar refractivity (Wildman–Crippen MR) is 117 cm³/mol. The first-order chi connectivity index (χ1) is 14.0. The molecule has 29 heavy (non-hydrogen) atoms. The molecule has 154 valence electrons. The Morgan fingerprint density at radius 1 is 1.00 bits per heavy atom. The zero-order chi connectivity index (χ0) is 20.4. The summed E-state index contributed by atoms with van der Waals surface area (Å²) in [5, 5.41) is 0.591. The summed E-state index contributed by atoms with van der Waals surface area (Å²) in [5.41, 5.74) is 1.48. The second kappa shape index (κ2) is 8.68. The highest BCUT2D eigenvalue weighted by Crippen LogP contribution is 2.38. The highest BCUT2D eigenvalue weighted by molar-refractivity contribution is 8.00. The monoisotopic (exact) mass is 450 g/mol. The molecule has 0 bridgehead atoms. The molecule has 2 aromatic rings. The fraction of sp³-hybridized carbons (Fsp3) is 0.381. The predicted octanol–water partition coefficient (Wildman–Crippen LogP) is 4.54. The number of sulfonamides is 1. The summed E-state index contributed by atoms with van der Waals surface area (Å²) in [5.74, 6) is 0.280. The molecule has 8 heteroatoms. The van der Waals surface area contributed by atoms with Crippen molar-refractivity contribution in [3.05, 3.63) is 53.1 Å². The number of hydrogen-bond acceptors (Lipinski definition) is 4. The molecule has 0 aliphatic carbocycles. The van der Waals surface area contributed by atoms with Gasteiger partial charge in [-0.3, -0.25) is 4.79 Å². The standard InChI is InChI=1S/C21H23ClN2O3S2/c22-18-8-4-3-7-16(18)14-24-19-13-17(9-10-20(19)28-15-21(24)25)29(26,27)23-11-5-1-2-6-12-23/h3-4,7-10,13H,1-2,5-6,11-12,14-15H2. The van der Waals surface area contributed by atoms with Gasteiger partial charge in [-0.15, -0.1) is 11.8 Å². The molecule has 0 radical (unpaired) electrons. The van der Waals surface area contributed by atoms with Crippen molar-refractivity contribution in [2.45, 2.75) is 42.0 Å². The van der Waals surface area contributed by atoms with Crippen molar-refractivity contribution >= 4 is 45.0 Å². The van der Waals surface area contributed by atoms with E-state index in [1.807, 2.05) is 24.3 Å². The third-order valence-corrected chi connectivity index (χ3v) is 8.67. The van der Waals surface area contributed by atoms with Gasteiger partial charge in [0, 0.05) is 23.0 Å². The van der Waals surface area contributed by atoms with E-state index in [1.165, 1.54) is 11.8 Å². The van der Waals surface area contributed by atoms with Gasteiger partial charge in [0.15, 0.2) is 0 Å². The van der Waals surface area contributed by atoms with E-state index in [0.29, 0.717) is 36.1 Å². The molecule has 2 aliphatic rings. The quantitative estimate of drug-likeness (QED) is 0.686. The van der Waals surface area contributed by atoms with Crippen LogP contribution in [0.4, 0.5) is 5.69 Å². The van der Waals surface area contributed by atoms with E-state index in [9.17, 15) is 13.2 Å². The van der Waals surface area contributed by atoms with Crippen molar-refractivity contribution in [3.8, 4) is 0 Å². The lowest BCUT2D eigenvalue weighted by Crippen LogP contribution is -2.36. The second-order valence-electron chi connectivity index (χ2n) is 7.31. The lowest BCUT2D eigenvalue weighted by atomic mass is 10.2. The Morgan fingerprint density at radius 3 is 2.45 bits per heavy atom. The van der Waals surface area contributed by atoms with Gasteiger partial charge in [0.25, 0.3) is 0 Å². The Kier molecular flexibility index (Phi) is 6.20. The molecule has 0 aromatic heterocycles. The van der Waals surface area contributed by atoms with E-state index >= 15 is 0 Å². The van der Waals surface area contributed by atoms with Gasteiger partial charge in [-0.05, 0) is 42.7 Å². The van der Waals surface area contributed by atoms with Gasteiger partial charge in [-0.25, -0.2) is 8.42 Å². The maximum atomic E-state index is 13.2. The molecule has 1 saturated heterocycles. The fourth-order valence-corrected chi connectivity index (χ4v) is 6.39. The summed E-state index contributed by atoms with van der Waals surface area (Å²) >= 11 is 7.73. The van der Waals surface area contributed by atoms with E-state index in [2.05, 4.69) is 0 Å². The van der Waals surface area contributed by atoms with Gasteiger partial charge in [-0.1, -0.05) is 42.6 Å². The molecule has 1 fully saturated rings. The average molecular weight is 451 g/mol. The van der Waals surface area contributed by atoms with Crippen LogP contribution in [0.15, 0.2) is 52.3 Å². The molecular formula is C21H23ClN2O3S2. The first-order valence-corrected chi connectivity index (χ1v) is 12.6. The van der Waals surface area contributed by atoms with E-state index < -0.39 is 10.0 Å². The van der Waals surface area contributed by atoms with Crippen LogP contribution in [0, 0.1) is 0 Å². The van der Waals surface area contributed by atoms with Crippen molar-refractivity contribution in [2.75, 3.05) is 23.7 Å². The molecule has 4 rings (SSSR count). The number of carbonyl (C=O) groups excluding carboxylic acids is 1. The second-order valence-corrected chi connectivity index (χ2v) is 10.7. The lowest BCUT2D eigenvalue weighted by Gasteiger charge is -2.30. The molecule has 2 aliphatic heterocycles. The minimum Gasteiger partial charge on any atom is -0.306 e. The Labute approximate surface area is 181 Å². The van der Waals surface area contributed by atoms with Crippen molar-refractivity contribution in [2.24, 2.45) is 0 Å². The largest absolute Gasteiger partial charge is 0.306 e. The van der Waals surface area contributed by atoms with Crippen molar-refractivity contribution in [1.82, 2.24) is 4.31 Å². The molecule has 1 amide bonds. The number of fused-ring (bicyclic) bond motifs is 1. The number of amides is 1. The van der Waals surface area contributed by atoms with Gasteiger partial charge in [0.2, 0.25) is 15.9 Å². The summed E-state index contributed by atoms with van der Waals surface area (Å²) in [7, 11) is -3.58. The van der Waals surface area contributed by atoms with Crippen LogP contribution in [0.1, 0.15) is 31.2 Å². The summed E-state index contributed by atoms with van der Waals surface area (Å²) in [6, 6.07) is 12.5. The lowest BCUT2D eigenvalue weighted by molar-refractivity contribution is -0.116. The smallest absolute Gasteiger partial charge is 0.243 e. The minimum absolute atomic E-state index is 0.0493. The maximum Gasteiger partial charge on any atom is 0.243 e. The highest BCUT2D eigenvalue weighted by Gasteiger charge is 2.30. The summed E-state index contributed by atoms with van der Waals surface area (Å²) in [6.07, 6.45) is 3.90. The van der Waals surface area contributed by atoms with E-state index in [4.69, 9.17) is 11.6 Å². The molecule has 0 unspecified atom stereocenters. The number of carbonyl (C=O) groups is 1. The zero-order valence-corrected chi connectivity index (χ0v) is 18.4. The Balaban J connectivity index is 1.69. The highest BCUT2D eigenvalue weighted by atomic mass is 35.5. The van der Waals surface area contributed by atoms with Crippen LogP contribution in [0.5, 0.6) is 0 Å². The molecule has 2 aromatic carbocycles. The first kappa shape index (κ1) is 20.7. The number of rotatable bonds is 4. The number of halogens is 1. The van der Waals surface area contributed by atoms with E-state index in [-0.39, 0.29) is 10.8 Å². The van der Waals surface area contributed by atoms with Crippen LogP contribution in [0.3, 0.4) is 0 Å². The first-order valence-electron chi connectivity index (χ1n) is 9.77. The third-order valence-electron chi connectivity index (χ3n) is 5.36. The maximum absolute atomic E-state index is 13.2. The molecule has 2 heterocycles. The molecule has 5 nitrogen and oxygen atoms in total. The molecule has 0 spiro atoms. The summed E-state index contributed by atoms with van der Waals surface area (Å²) in [6.45, 7) is 1.42. The Bertz CT molecular complexity index is 1020. The van der Waals surface area contributed by atoms with Crippen LogP contribution in [-0.4, -0.2) is 37.5 Å². The minimum atomic E-state index is -3.58. The summed E-state index contributed by atoms with van der Waals surface area (Å²) in [4.78, 5) is 15.5. The van der Waals surface area contributed by atoms with Gasteiger partial charge in [0.1, 0.15) is 0 Å². The van der Waals surface area contributed by atoms with Gasteiger partial charge in [0.05, 0.1) is 22.9 Å². The van der Waals surface area contributed by atoms with Crippen LogP contribution < -0.4 is 4.90 Å². The SMILES string of the molecule is O=C1CSc2ccc(S(=O)(=O)N3CCCCCC3)cc2N1Cc1ccccc1Cl. The van der Waals surface area contributed by atoms with Crippen molar-refractivity contribution in [1.29, 1.82) is 0 Å². The van der Waals surface area contributed by atoms with Gasteiger partial charge >= 0.3 is 0 Å². The van der Waals surface area contributed by atoms with Crippen molar-refractivity contribution < 1.29 is 13.2 Å². The number of anilines is 1. The number of hydrogen-bond donors (Lipinski definition) is 0. The molecule has 0 atom stereocenters. The normalized spacial score (nSPS) is 18.4. The number of nitrogens with zero attached hydrogens (tertiary/aromatic N) is 2. The Hall–Kier alpha value is -1.54. The summed E-state index contributed by atoms with van der Waals surface area (Å²) < 4.78 is 28.0. The van der Waals surface area contributed by atoms with Crippen LogP contribution in [0.25, 0.3) is 0 Å². The van der Waals surface area contributed by atoms with E-state index in [1.54, 1.807) is 27.4 Å². The number of thioether (sulfide) groups is 1. The van der Waals surface area contributed by atoms with Gasteiger partial charge in [-0.2, -0.15) is 4.31 Å². The van der Waals surface area contributed by atoms with Crippen LogP contribution in [0.2, 0.25) is 5.02 Å². The third kappa shape index (κ3) is 4.33. The number of benzene rings is 2. The van der Waals surface area contributed by atoms with Crippen molar-refractivity contribution in [3.63, 3.8) is 0 Å².